The molecule has 1 amide bonds. The van der Waals surface area contributed by atoms with E-state index < -0.39 is 17.8 Å². The smallest absolute Gasteiger partial charge is 0.435 e. The van der Waals surface area contributed by atoms with Gasteiger partial charge in [0.15, 0.2) is 11.5 Å². The topological polar surface area (TPSA) is 101 Å². The number of hydrogen-bond donors (Lipinski definition) is 1. The monoisotopic (exact) mass is 366 g/mol. The van der Waals surface area contributed by atoms with E-state index in [1.54, 1.807) is 0 Å². The Hall–Kier alpha value is -3.37. The molecule has 3 aromatic heterocycles. The van der Waals surface area contributed by atoms with Gasteiger partial charge in [-0.05, 0) is 6.07 Å². The number of methoxy groups -OCH3 is 1. The van der Waals surface area contributed by atoms with E-state index in [-0.39, 0.29) is 23.0 Å². The Morgan fingerprint density at radius 1 is 1.31 bits per heavy atom. The molecule has 0 saturated heterocycles. The number of alkyl halides is 3. The number of amides is 1. The minimum absolute atomic E-state index is 0.0541. The fraction of sp³-hybridized carbons (Fsp3) is 0.200. The molecule has 0 radical (unpaired) electrons. The van der Waals surface area contributed by atoms with Gasteiger partial charge in [-0.15, -0.1) is 0 Å². The maximum atomic E-state index is 13.5. The molecule has 26 heavy (non-hydrogen) atoms. The second-order valence-electron chi connectivity index (χ2n) is 5.28. The number of carbonyl (C=O) groups excluding carboxylic acids is 1. The summed E-state index contributed by atoms with van der Waals surface area (Å²) >= 11 is 0. The molecule has 0 spiro atoms. The van der Waals surface area contributed by atoms with Crippen LogP contribution in [0, 0.1) is 0 Å². The van der Waals surface area contributed by atoms with Crippen molar-refractivity contribution in [2.24, 2.45) is 12.8 Å². The highest BCUT2D eigenvalue weighted by atomic mass is 19.4. The predicted octanol–water partition coefficient (Wildman–Crippen LogP) is 1.79. The number of nitrogens with two attached hydrogens (primary N) is 1. The van der Waals surface area contributed by atoms with Crippen molar-refractivity contribution < 1.29 is 22.7 Å². The summed E-state index contributed by atoms with van der Waals surface area (Å²) in [6.45, 7) is 0. The molecule has 3 rings (SSSR count). The summed E-state index contributed by atoms with van der Waals surface area (Å²) in [4.78, 5) is 19.0. The van der Waals surface area contributed by atoms with Gasteiger partial charge in [-0.25, -0.2) is 14.6 Å². The first kappa shape index (κ1) is 17.5. The molecule has 11 heteroatoms. The van der Waals surface area contributed by atoms with Crippen molar-refractivity contribution in [3.8, 4) is 22.8 Å². The fourth-order valence-electron chi connectivity index (χ4n) is 2.44. The molecule has 3 heterocycles. The Kier molecular flexibility index (Phi) is 4.14. The second kappa shape index (κ2) is 6.17. The van der Waals surface area contributed by atoms with Crippen molar-refractivity contribution in [2.45, 2.75) is 6.18 Å². The van der Waals surface area contributed by atoms with Gasteiger partial charge >= 0.3 is 6.18 Å². The Bertz CT molecular complexity index is 976. The van der Waals surface area contributed by atoms with Crippen molar-refractivity contribution in [3.05, 3.63) is 42.2 Å². The highest BCUT2D eigenvalue weighted by molar-refractivity contribution is 5.90. The molecule has 0 aliphatic carbocycles. The number of aromatic nitrogens is 5. The number of primary amides is 1. The average Bonchev–Trinajstić information content (AvgIpc) is 3.18. The average molecular weight is 366 g/mol. The lowest BCUT2D eigenvalue weighted by Gasteiger charge is -2.07. The van der Waals surface area contributed by atoms with E-state index in [1.165, 1.54) is 43.3 Å². The lowest BCUT2D eigenvalue weighted by Crippen LogP contribution is -2.17. The van der Waals surface area contributed by atoms with E-state index >= 15 is 0 Å². The zero-order valence-corrected chi connectivity index (χ0v) is 13.7. The SMILES string of the molecule is COc1cc(-n2cc(-c3cnc(C(N)=O)n3C)c(C(F)(F)F)n2)ccn1. The van der Waals surface area contributed by atoms with Crippen LogP contribution in [0.25, 0.3) is 16.9 Å². The van der Waals surface area contributed by atoms with Crippen LogP contribution in [0.5, 0.6) is 5.88 Å². The third kappa shape index (κ3) is 2.98. The highest BCUT2D eigenvalue weighted by Crippen LogP contribution is 2.36. The molecule has 0 aromatic carbocycles. The van der Waals surface area contributed by atoms with Crippen LogP contribution in [-0.4, -0.2) is 37.3 Å². The van der Waals surface area contributed by atoms with Crippen LogP contribution < -0.4 is 10.5 Å². The van der Waals surface area contributed by atoms with Crippen LogP contribution in [0.2, 0.25) is 0 Å². The number of carbonyl (C=O) groups is 1. The number of hydrogen-bond acceptors (Lipinski definition) is 5. The normalized spacial score (nSPS) is 11.6. The quantitative estimate of drug-likeness (QED) is 0.759. The first-order valence-corrected chi connectivity index (χ1v) is 7.21. The summed E-state index contributed by atoms with van der Waals surface area (Å²) in [5, 5.41) is 3.65. The number of ether oxygens (including phenoxy) is 1. The van der Waals surface area contributed by atoms with Gasteiger partial charge in [-0.2, -0.15) is 18.3 Å². The molecule has 8 nitrogen and oxygen atoms in total. The number of imidazole rings is 1. The Balaban J connectivity index is 2.19. The Morgan fingerprint density at radius 3 is 2.62 bits per heavy atom. The van der Waals surface area contributed by atoms with E-state index in [2.05, 4.69) is 15.1 Å². The van der Waals surface area contributed by atoms with Crippen LogP contribution >= 0.6 is 0 Å². The molecule has 136 valence electrons. The van der Waals surface area contributed by atoms with Crippen molar-refractivity contribution in [2.75, 3.05) is 7.11 Å². The Labute approximate surface area is 145 Å². The molecule has 0 atom stereocenters. The number of pyridine rings is 1. The molecule has 0 aliphatic rings. The van der Waals surface area contributed by atoms with Gasteiger partial charge in [0.25, 0.3) is 5.91 Å². The van der Waals surface area contributed by atoms with Crippen LogP contribution in [-0.2, 0) is 13.2 Å². The van der Waals surface area contributed by atoms with Crippen LogP contribution in [0.1, 0.15) is 16.3 Å². The predicted molar refractivity (Wildman–Crippen MR) is 83.6 cm³/mol. The Morgan fingerprint density at radius 2 is 2.04 bits per heavy atom. The van der Waals surface area contributed by atoms with Crippen LogP contribution in [0.4, 0.5) is 13.2 Å². The van der Waals surface area contributed by atoms with Crippen molar-refractivity contribution in [3.63, 3.8) is 0 Å². The van der Waals surface area contributed by atoms with Gasteiger partial charge in [0.2, 0.25) is 5.88 Å². The van der Waals surface area contributed by atoms with Gasteiger partial charge in [-0.1, -0.05) is 0 Å². The van der Waals surface area contributed by atoms with Gasteiger partial charge in [0.05, 0.1) is 30.3 Å². The summed E-state index contributed by atoms with van der Waals surface area (Å²) in [6.07, 6.45) is -0.990. The number of halogens is 3. The third-order valence-electron chi connectivity index (χ3n) is 3.66. The lowest BCUT2D eigenvalue weighted by atomic mass is 10.2. The molecule has 0 fully saturated rings. The standard InChI is InChI=1S/C15H13F3N6O2/c1-23-10(6-21-14(23)13(19)25)9-7-24(22-12(9)15(16,17)18)8-3-4-20-11(5-8)26-2/h3-7H,1-2H3,(H2,19,25). The molecule has 0 aliphatic heterocycles. The molecule has 0 bridgehead atoms. The molecule has 2 N–H and O–H groups in total. The zero-order valence-electron chi connectivity index (χ0n) is 13.7. The summed E-state index contributed by atoms with van der Waals surface area (Å²) in [7, 11) is 2.79. The van der Waals surface area contributed by atoms with Crippen molar-refractivity contribution >= 4 is 5.91 Å². The fourth-order valence-corrected chi connectivity index (χ4v) is 2.44. The van der Waals surface area contributed by atoms with Crippen molar-refractivity contribution in [1.29, 1.82) is 0 Å². The molecule has 0 unspecified atom stereocenters. The summed E-state index contributed by atoms with van der Waals surface area (Å²) in [6, 6.07) is 2.92. The minimum Gasteiger partial charge on any atom is -0.481 e. The van der Waals surface area contributed by atoms with Gasteiger partial charge in [0, 0.05) is 25.5 Å². The molecule has 0 saturated carbocycles. The van der Waals surface area contributed by atoms with Gasteiger partial charge in [-0.3, -0.25) is 4.79 Å². The number of nitrogens with zero attached hydrogens (tertiary/aromatic N) is 5. The van der Waals surface area contributed by atoms with E-state index in [4.69, 9.17) is 10.5 Å². The van der Waals surface area contributed by atoms with E-state index in [9.17, 15) is 18.0 Å². The van der Waals surface area contributed by atoms with Gasteiger partial charge < -0.3 is 15.0 Å². The van der Waals surface area contributed by atoms with Crippen LogP contribution in [0.3, 0.4) is 0 Å². The van der Waals surface area contributed by atoms with E-state index in [0.29, 0.717) is 5.69 Å². The maximum absolute atomic E-state index is 13.5. The van der Waals surface area contributed by atoms with Crippen LogP contribution in [0.15, 0.2) is 30.7 Å². The summed E-state index contributed by atoms with van der Waals surface area (Å²) in [5.41, 5.74) is 4.19. The lowest BCUT2D eigenvalue weighted by molar-refractivity contribution is -0.140. The highest BCUT2D eigenvalue weighted by Gasteiger charge is 2.38. The summed E-state index contributed by atoms with van der Waals surface area (Å²) < 4.78 is 47.6. The first-order valence-electron chi connectivity index (χ1n) is 7.21. The second-order valence-corrected chi connectivity index (χ2v) is 5.28. The van der Waals surface area contributed by atoms with Crippen molar-refractivity contribution in [1.82, 2.24) is 24.3 Å². The molecular formula is C15H13F3N6O2. The maximum Gasteiger partial charge on any atom is 0.435 e. The van der Waals surface area contributed by atoms with Gasteiger partial charge in [0.1, 0.15) is 0 Å². The minimum atomic E-state index is -4.71. The zero-order chi connectivity index (χ0) is 19.1. The first-order chi connectivity index (χ1) is 12.2. The largest absolute Gasteiger partial charge is 0.481 e. The third-order valence-corrected chi connectivity index (χ3v) is 3.66. The molecular weight excluding hydrogens is 353 g/mol. The molecule has 3 aromatic rings. The van der Waals surface area contributed by atoms with E-state index in [1.807, 2.05) is 0 Å². The van der Waals surface area contributed by atoms with E-state index in [0.717, 1.165) is 10.9 Å². The summed E-state index contributed by atoms with van der Waals surface area (Å²) in [5.74, 6) is -0.783. The number of rotatable bonds is 4.